The van der Waals surface area contributed by atoms with Crippen LogP contribution in [0.1, 0.15) is 24.1 Å². The maximum Gasteiger partial charge on any atom is 0.315 e. The quantitative estimate of drug-likeness (QED) is 0.743. The molecule has 1 aromatic heterocycles. The number of thiophene rings is 1. The molecule has 0 spiro atoms. The fourth-order valence-corrected chi connectivity index (χ4v) is 5.45. The first kappa shape index (κ1) is 15.3. The average Bonchev–Trinajstić information content (AvgIpc) is 3.16. The van der Waals surface area contributed by atoms with Crippen LogP contribution in [0.4, 0.5) is 4.79 Å². The zero-order valence-electron chi connectivity index (χ0n) is 11.8. The number of rotatable bonds is 5. The largest absolute Gasteiger partial charge is 0.396 e. The van der Waals surface area contributed by atoms with Crippen molar-refractivity contribution in [3.8, 4) is 0 Å². The van der Waals surface area contributed by atoms with Gasteiger partial charge >= 0.3 is 6.03 Å². The molecule has 2 aliphatic rings. The number of urea groups is 1. The molecule has 3 N–H and O–H groups in total. The van der Waals surface area contributed by atoms with Gasteiger partial charge in [0.25, 0.3) is 0 Å². The zero-order chi connectivity index (χ0) is 14.8. The number of nitrogens with one attached hydrogen (secondary N) is 2. The number of fused-ring (bicyclic) bond motifs is 2. The second-order valence-corrected chi connectivity index (χ2v) is 7.90. The molecule has 0 radical (unpaired) electrons. The molecule has 3 rings (SSSR count). The van der Waals surface area contributed by atoms with Gasteiger partial charge < -0.3 is 15.7 Å². The Kier molecular flexibility index (Phi) is 4.86. The number of carbonyl (C=O) groups is 1. The Morgan fingerprint density at radius 2 is 2.24 bits per heavy atom. The predicted octanol–water partition coefficient (Wildman–Crippen LogP) is 2.76. The maximum absolute atomic E-state index is 12.0. The molecule has 4 unspecified atom stereocenters. The number of aliphatic hydroxyl groups is 1. The summed E-state index contributed by atoms with van der Waals surface area (Å²) in [5.74, 6) is 1.41. The van der Waals surface area contributed by atoms with Gasteiger partial charge in [0.15, 0.2) is 0 Å². The number of carbonyl (C=O) groups excluding carboxylic acids is 1. The van der Waals surface area contributed by atoms with Crippen LogP contribution >= 0.6 is 27.3 Å². The average molecular weight is 373 g/mol. The molecule has 1 aromatic rings. The minimum absolute atomic E-state index is 0.0984. The highest BCUT2D eigenvalue weighted by atomic mass is 79.9. The van der Waals surface area contributed by atoms with Crippen LogP contribution in [0.2, 0.25) is 0 Å². The fourth-order valence-electron chi connectivity index (χ4n) is 3.89. The number of amides is 2. The van der Waals surface area contributed by atoms with Crippen molar-refractivity contribution in [2.45, 2.75) is 31.7 Å². The molecule has 2 bridgehead atoms. The first-order chi connectivity index (χ1) is 10.2. The van der Waals surface area contributed by atoms with E-state index in [1.165, 1.54) is 17.7 Å². The molecule has 116 valence electrons. The van der Waals surface area contributed by atoms with E-state index >= 15 is 0 Å². The van der Waals surface area contributed by atoms with Gasteiger partial charge in [-0.25, -0.2) is 4.79 Å². The molecule has 6 heteroatoms. The van der Waals surface area contributed by atoms with Crippen LogP contribution in [0.25, 0.3) is 0 Å². The molecular weight excluding hydrogens is 352 g/mol. The van der Waals surface area contributed by atoms with E-state index < -0.39 is 0 Å². The molecule has 0 aliphatic heterocycles. The molecule has 1 heterocycles. The summed E-state index contributed by atoms with van der Waals surface area (Å²) in [7, 11) is 0. The van der Waals surface area contributed by atoms with Crippen molar-refractivity contribution in [1.82, 2.24) is 10.6 Å². The lowest BCUT2D eigenvalue weighted by Crippen LogP contribution is -2.49. The van der Waals surface area contributed by atoms with Crippen LogP contribution < -0.4 is 10.6 Å². The Morgan fingerprint density at radius 3 is 2.95 bits per heavy atom. The molecule has 2 fully saturated rings. The van der Waals surface area contributed by atoms with Crippen molar-refractivity contribution in [3.05, 3.63) is 20.8 Å². The first-order valence-corrected chi connectivity index (χ1v) is 9.23. The van der Waals surface area contributed by atoms with E-state index in [4.69, 9.17) is 0 Å². The van der Waals surface area contributed by atoms with Gasteiger partial charge in [-0.2, -0.15) is 0 Å². The summed E-state index contributed by atoms with van der Waals surface area (Å²) < 4.78 is 1.11. The highest BCUT2D eigenvalue weighted by Gasteiger charge is 2.47. The van der Waals surface area contributed by atoms with Crippen molar-refractivity contribution in [3.63, 3.8) is 0 Å². The maximum atomic E-state index is 12.0. The van der Waals surface area contributed by atoms with E-state index in [-0.39, 0.29) is 24.6 Å². The fraction of sp³-hybridized carbons (Fsp3) is 0.667. The minimum Gasteiger partial charge on any atom is -0.396 e. The lowest BCUT2D eigenvalue weighted by molar-refractivity contribution is 0.144. The summed E-state index contributed by atoms with van der Waals surface area (Å²) >= 11 is 5.19. The van der Waals surface area contributed by atoms with Crippen LogP contribution in [-0.2, 0) is 6.42 Å². The zero-order valence-corrected chi connectivity index (χ0v) is 14.3. The lowest BCUT2D eigenvalue weighted by Gasteiger charge is -2.30. The van der Waals surface area contributed by atoms with Crippen molar-refractivity contribution in [1.29, 1.82) is 0 Å². The second-order valence-electron chi connectivity index (χ2n) is 6.05. The van der Waals surface area contributed by atoms with Crippen molar-refractivity contribution >= 4 is 33.3 Å². The van der Waals surface area contributed by atoms with E-state index in [9.17, 15) is 9.90 Å². The molecule has 4 atom stereocenters. The number of hydrogen-bond donors (Lipinski definition) is 3. The molecule has 2 aliphatic carbocycles. The first-order valence-electron chi connectivity index (χ1n) is 7.56. The molecule has 2 saturated carbocycles. The van der Waals surface area contributed by atoms with Crippen molar-refractivity contribution in [2.75, 3.05) is 13.2 Å². The van der Waals surface area contributed by atoms with Crippen LogP contribution in [0, 0.1) is 17.8 Å². The van der Waals surface area contributed by atoms with Gasteiger partial charge in [0.2, 0.25) is 0 Å². The number of halogens is 1. The van der Waals surface area contributed by atoms with Crippen LogP contribution in [-0.4, -0.2) is 30.3 Å². The lowest BCUT2D eigenvalue weighted by atomic mass is 9.85. The van der Waals surface area contributed by atoms with Gasteiger partial charge in [0.05, 0.1) is 0 Å². The van der Waals surface area contributed by atoms with Gasteiger partial charge in [-0.15, -0.1) is 11.3 Å². The highest BCUT2D eigenvalue weighted by Crippen LogP contribution is 2.48. The van der Waals surface area contributed by atoms with E-state index in [2.05, 4.69) is 26.6 Å². The smallest absolute Gasteiger partial charge is 0.315 e. The third-order valence-corrected chi connectivity index (χ3v) is 6.91. The van der Waals surface area contributed by atoms with E-state index in [0.717, 1.165) is 17.3 Å². The summed E-state index contributed by atoms with van der Waals surface area (Å²) in [6, 6.07) is 2.09. The second kappa shape index (κ2) is 6.67. The molecule has 0 aromatic carbocycles. The molecule has 0 saturated heterocycles. The predicted molar refractivity (Wildman–Crippen MR) is 87.5 cm³/mol. The minimum atomic E-state index is -0.0984. The Morgan fingerprint density at radius 1 is 1.43 bits per heavy atom. The Labute approximate surface area is 137 Å². The summed E-state index contributed by atoms with van der Waals surface area (Å²) in [5, 5.41) is 17.6. The van der Waals surface area contributed by atoms with Gasteiger partial charge in [-0.1, -0.05) is 0 Å². The summed E-state index contributed by atoms with van der Waals surface area (Å²) in [6.07, 6.45) is 4.40. The van der Waals surface area contributed by atoms with E-state index in [1.807, 2.05) is 11.4 Å². The van der Waals surface area contributed by atoms with Crippen molar-refractivity contribution < 1.29 is 9.90 Å². The molecule has 21 heavy (non-hydrogen) atoms. The van der Waals surface area contributed by atoms with Gasteiger partial charge in [-0.05, 0) is 58.5 Å². The standard InChI is InChI=1S/C15H21BrN2O2S/c16-12-4-6-21-13(12)3-5-17-15(20)18-14-10-2-1-9(7-10)11(14)8-19/h4,6,9-11,14,19H,1-3,5,7-8H2,(H2,17,18,20). The van der Waals surface area contributed by atoms with Crippen LogP contribution in [0.15, 0.2) is 15.9 Å². The summed E-state index contributed by atoms with van der Waals surface area (Å²) in [5.41, 5.74) is 0. The number of hydrogen-bond acceptors (Lipinski definition) is 3. The Balaban J connectivity index is 1.45. The summed E-state index contributed by atoms with van der Waals surface area (Å²) in [6.45, 7) is 0.823. The van der Waals surface area contributed by atoms with E-state index in [0.29, 0.717) is 18.4 Å². The van der Waals surface area contributed by atoms with Gasteiger partial charge in [0, 0.05) is 40.9 Å². The molecular formula is C15H21BrN2O2S. The molecule has 2 amide bonds. The SMILES string of the molecule is O=C(NCCc1sccc1Br)NC1C2CCC(C2)C1CO. The Hall–Kier alpha value is -0.590. The van der Waals surface area contributed by atoms with E-state index in [1.54, 1.807) is 11.3 Å². The highest BCUT2D eigenvalue weighted by molar-refractivity contribution is 9.10. The molecule has 4 nitrogen and oxygen atoms in total. The summed E-state index contributed by atoms with van der Waals surface area (Å²) in [4.78, 5) is 13.3. The normalized spacial score (nSPS) is 30.6. The third-order valence-electron chi connectivity index (χ3n) is 4.93. The van der Waals surface area contributed by atoms with Crippen molar-refractivity contribution in [2.24, 2.45) is 17.8 Å². The van der Waals surface area contributed by atoms with Gasteiger partial charge in [0.1, 0.15) is 0 Å². The van der Waals surface area contributed by atoms with Crippen LogP contribution in [0.3, 0.4) is 0 Å². The Bertz CT molecular complexity index is 508. The van der Waals surface area contributed by atoms with Crippen LogP contribution in [0.5, 0.6) is 0 Å². The number of aliphatic hydroxyl groups excluding tert-OH is 1. The monoisotopic (exact) mass is 372 g/mol. The third kappa shape index (κ3) is 3.27. The van der Waals surface area contributed by atoms with Gasteiger partial charge in [-0.3, -0.25) is 0 Å². The topological polar surface area (TPSA) is 61.4 Å².